The van der Waals surface area contributed by atoms with E-state index in [4.69, 9.17) is 0 Å². The van der Waals surface area contributed by atoms with Crippen LogP contribution in [0.2, 0.25) is 0 Å². The minimum atomic E-state index is -3.61. The Labute approximate surface area is 198 Å². The zero-order valence-corrected chi connectivity index (χ0v) is 19.8. The lowest BCUT2D eigenvalue weighted by atomic mass is 10.1. The lowest BCUT2D eigenvalue weighted by Crippen LogP contribution is -2.33. The van der Waals surface area contributed by atoms with Crippen molar-refractivity contribution in [3.8, 4) is 0 Å². The van der Waals surface area contributed by atoms with Crippen LogP contribution in [-0.4, -0.2) is 48.3 Å². The molecule has 3 unspecified atom stereocenters. The molecule has 33 heavy (non-hydrogen) atoms. The van der Waals surface area contributed by atoms with Gasteiger partial charge < -0.3 is 10.6 Å². The average molecular weight is 486 g/mol. The van der Waals surface area contributed by atoms with Gasteiger partial charge in [-0.2, -0.15) is 4.31 Å². The normalized spacial score (nSPS) is 22.5. The average Bonchev–Trinajstić information content (AvgIpc) is 3.38. The van der Waals surface area contributed by atoms with Crippen molar-refractivity contribution in [3.63, 3.8) is 0 Å². The summed E-state index contributed by atoms with van der Waals surface area (Å²) in [4.78, 5) is 24.0. The van der Waals surface area contributed by atoms with Crippen molar-refractivity contribution < 1.29 is 18.0 Å². The number of aryl methyl sites for hydroxylation is 1. The van der Waals surface area contributed by atoms with Crippen molar-refractivity contribution >= 4 is 39.3 Å². The molecule has 0 radical (unpaired) electrons. The van der Waals surface area contributed by atoms with Crippen LogP contribution in [-0.2, 0) is 26.0 Å². The number of fused-ring (bicyclic) bond motifs is 1. The molecule has 0 aliphatic carbocycles. The standard InChI is InChI=1S/C24H27N3O4S2/c1-2-22(28)26-24-14-18-15-27(16-21(18)32-24)33(30,31)20-11-9-19(10-12-20)25-23(29)13-8-17-6-4-3-5-7-17/h2-7,9-12,18,21,24H,1,8,13-16H2,(H,25,29)(H,26,28). The van der Waals surface area contributed by atoms with E-state index in [0.717, 1.165) is 12.0 Å². The zero-order chi connectivity index (χ0) is 23.4. The van der Waals surface area contributed by atoms with E-state index in [-0.39, 0.29) is 33.3 Å². The van der Waals surface area contributed by atoms with Crippen LogP contribution >= 0.6 is 11.8 Å². The quantitative estimate of drug-likeness (QED) is 0.561. The Morgan fingerprint density at radius 3 is 2.48 bits per heavy atom. The molecule has 2 aromatic rings. The number of nitrogens with zero attached hydrogens (tertiary/aromatic N) is 1. The Hall–Kier alpha value is -2.62. The first kappa shape index (κ1) is 23.5. The van der Waals surface area contributed by atoms with Gasteiger partial charge in [0.15, 0.2) is 0 Å². The highest BCUT2D eigenvalue weighted by atomic mass is 32.2. The van der Waals surface area contributed by atoms with E-state index >= 15 is 0 Å². The maximum Gasteiger partial charge on any atom is 0.244 e. The molecule has 4 rings (SSSR count). The van der Waals surface area contributed by atoms with Gasteiger partial charge in [-0.05, 0) is 54.7 Å². The van der Waals surface area contributed by atoms with E-state index in [1.165, 1.54) is 22.5 Å². The third kappa shape index (κ3) is 5.66. The van der Waals surface area contributed by atoms with Gasteiger partial charge in [0.2, 0.25) is 21.8 Å². The van der Waals surface area contributed by atoms with E-state index in [1.54, 1.807) is 23.9 Å². The van der Waals surface area contributed by atoms with E-state index in [9.17, 15) is 18.0 Å². The molecule has 7 nitrogen and oxygen atoms in total. The first-order valence-corrected chi connectivity index (χ1v) is 13.3. The molecule has 2 aliphatic rings. The molecule has 2 amide bonds. The van der Waals surface area contributed by atoms with Crippen LogP contribution in [0.3, 0.4) is 0 Å². The summed E-state index contributed by atoms with van der Waals surface area (Å²) in [5, 5.41) is 5.88. The van der Waals surface area contributed by atoms with E-state index in [0.29, 0.717) is 31.6 Å². The number of rotatable bonds is 8. The van der Waals surface area contributed by atoms with Crippen LogP contribution in [0.4, 0.5) is 5.69 Å². The maximum atomic E-state index is 13.1. The number of sulfonamides is 1. The first-order chi connectivity index (χ1) is 15.8. The number of amides is 2. The highest BCUT2D eigenvalue weighted by Crippen LogP contribution is 2.43. The molecular formula is C24H27N3O4S2. The van der Waals surface area contributed by atoms with Crippen molar-refractivity contribution in [2.24, 2.45) is 5.92 Å². The fraction of sp³-hybridized carbons (Fsp3) is 0.333. The smallest absolute Gasteiger partial charge is 0.244 e. The summed E-state index contributed by atoms with van der Waals surface area (Å²) >= 11 is 1.62. The van der Waals surface area contributed by atoms with Gasteiger partial charge in [-0.25, -0.2) is 8.42 Å². The molecule has 9 heteroatoms. The third-order valence-electron chi connectivity index (χ3n) is 5.95. The monoisotopic (exact) mass is 485 g/mol. The molecule has 2 N–H and O–H groups in total. The Morgan fingerprint density at radius 2 is 1.82 bits per heavy atom. The van der Waals surface area contributed by atoms with E-state index < -0.39 is 10.0 Å². The molecule has 2 saturated heterocycles. The van der Waals surface area contributed by atoms with Gasteiger partial charge >= 0.3 is 0 Å². The predicted molar refractivity (Wildman–Crippen MR) is 130 cm³/mol. The maximum absolute atomic E-state index is 13.1. The van der Waals surface area contributed by atoms with Crippen molar-refractivity contribution in [2.75, 3.05) is 18.4 Å². The second-order valence-electron chi connectivity index (χ2n) is 8.25. The number of hydrogen-bond acceptors (Lipinski definition) is 5. The summed E-state index contributed by atoms with van der Waals surface area (Å²) in [5.41, 5.74) is 1.67. The number of nitrogens with one attached hydrogen (secondary N) is 2. The van der Waals surface area contributed by atoms with Crippen LogP contribution in [0.1, 0.15) is 18.4 Å². The van der Waals surface area contributed by atoms with Gasteiger partial charge in [-0.3, -0.25) is 9.59 Å². The van der Waals surface area contributed by atoms with Gasteiger partial charge in [-0.1, -0.05) is 36.9 Å². The molecule has 2 fully saturated rings. The number of benzene rings is 2. The van der Waals surface area contributed by atoms with Crippen LogP contribution < -0.4 is 10.6 Å². The van der Waals surface area contributed by atoms with Crippen molar-refractivity contribution in [3.05, 3.63) is 72.8 Å². The first-order valence-electron chi connectivity index (χ1n) is 10.9. The fourth-order valence-electron chi connectivity index (χ4n) is 4.22. The number of carbonyl (C=O) groups excluding carboxylic acids is 2. The molecular weight excluding hydrogens is 458 g/mol. The molecule has 0 spiro atoms. The van der Waals surface area contributed by atoms with Crippen molar-refractivity contribution in [2.45, 2.75) is 34.8 Å². The number of hydrogen-bond donors (Lipinski definition) is 2. The van der Waals surface area contributed by atoms with Crippen LogP contribution in [0.5, 0.6) is 0 Å². The molecule has 0 bridgehead atoms. The Bertz CT molecular complexity index is 1110. The van der Waals surface area contributed by atoms with Crippen molar-refractivity contribution in [1.29, 1.82) is 0 Å². The molecule has 174 valence electrons. The minimum Gasteiger partial charge on any atom is -0.341 e. The second-order valence-corrected chi connectivity index (χ2v) is 11.6. The number of anilines is 1. The zero-order valence-electron chi connectivity index (χ0n) is 18.1. The lowest BCUT2D eigenvalue weighted by Gasteiger charge is -2.19. The Morgan fingerprint density at radius 1 is 1.09 bits per heavy atom. The summed E-state index contributed by atoms with van der Waals surface area (Å²) < 4.78 is 27.7. The van der Waals surface area contributed by atoms with E-state index in [1.807, 2.05) is 30.3 Å². The highest BCUT2D eigenvalue weighted by Gasteiger charge is 2.45. The molecule has 0 aromatic heterocycles. The molecule has 3 atom stereocenters. The number of thioether (sulfide) groups is 1. The van der Waals surface area contributed by atoms with Crippen LogP contribution in [0, 0.1) is 5.92 Å². The van der Waals surface area contributed by atoms with E-state index in [2.05, 4.69) is 17.2 Å². The summed E-state index contributed by atoms with van der Waals surface area (Å²) in [7, 11) is -3.61. The van der Waals surface area contributed by atoms with Gasteiger partial charge in [0, 0.05) is 30.4 Å². The third-order valence-corrected chi connectivity index (χ3v) is 9.32. The Balaban J connectivity index is 1.31. The Kier molecular flexibility index (Phi) is 7.21. The SMILES string of the molecule is C=CC(=O)NC1CC2CN(S(=O)(=O)c3ccc(NC(=O)CCc4ccccc4)cc3)CC2S1. The largest absolute Gasteiger partial charge is 0.341 e. The molecule has 2 aliphatic heterocycles. The predicted octanol–water partition coefficient (Wildman–Crippen LogP) is 3.01. The van der Waals surface area contributed by atoms with Crippen LogP contribution in [0.15, 0.2) is 72.1 Å². The molecule has 2 heterocycles. The van der Waals surface area contributed by atoms with Gasteiger partial charge in [0.05, 0.1) is 10.3 Å². The lowest BCUT2D eigenvalue weighted by molar-refractivity contribution is -0.117. The minimum absolute atomic E-state index is 0.000129. The molecule has 2 aromatic carbocycles. The molecule has 0 saturated carbocycles. The highest BCUT2D eigenvalue weighted by molar-refractivity contribution is 8.00. The second kappa shape index (κ2) is 10.1. The summed E-state index contributed by atoms with van der Waals surface area (Å²) in [6.45, 7) is 4.33. The fourth-order valence-corrected chi connectivity index (χ4v) is 7.48. The van der Waals surface area contributed by atoms with Gasteiger partial charge in [0.25, 0.3) is 0 Å². The van der Waals surface area contributed by atoms with Crippen molar-refractivity contribution in [1.82, 2.24) is 9.62 Å². The number of carbonyl (C=O) groups is 2. The topological polar surface area (TPSA) is 95.6 Å². The van der Waals surface area contributed by atoms with Crippen LogP contribution in [0.25, 0.3) is 0 Å². The van der Waals surface area contributed by atoms with Gasteiger partial charge in [-0.15, -0.1) is 11.8 Å². The summed E-state index contributed by atoms with van der Waals surface area (Å²) in [5.74, 6) is -0.107. The summed E-state index contributed by atoms with van der Waals surface area (Å²) in [6, 6.07) is 16.1. The van der Waals surface area contributed by atoms with Gasteiger partial charge in [0.1, 0.15) is 0 Å². The summed E-state index contributed by atoms with van der Waals surface area (Å²) in [6.07, 6.45) is 2.99.